The van der Waals surface area contributed by atoms with Gasteiger partial charge in [0, 0.05) is 16.3 Å². The van der Waals surface area contributed by atoms with Crippen LogP contribution in [0, 0.1) is 0 Å². The van der Waals surface area contributed by atoms with Crippen LogP contribution in [0.1, 0.15) is 19.4 Å². The number of sulfone groups is 1. The van der Waals surface area contributed by atoms with Gasteiger partial charge in [0.1, 0.15) is 4.75 Å². The number of carbonyl (C=O) groups is 1. The first-order valence-electron chi connectivity index (χ1n) is 5.79. The van der Waals surface area contributed by atoms with Crippen LogP contribution in [-0.2, 0) is 14.6 Å². The fourth-order valence-corrected chi connectivity index (χ4v) is 2.09. The highest BCUT2D eigenvalue weighted by molar-refractivity contribution is 9.10. The van der Waals surface area contributed by atoms with E-state index in [1.54, 1.807) is 6.07 Å². The van der Waals surface area contributed by atoms with Crippen molar-refractivity contribution in [3.63, 3.8) is 0 Å². The normalized spacial score (nSPS) is 13.0. The first kappa shape index (κ1) is 17.4. The molecule has 21 heavy (non-hydrogen) atoms. The summed E-state index contributed by atoms with van der Waals surface area (Å²) < 4.78 is 22.4. The zero-order chi connectivity index (χ0) is 16.4. The lowest BCUT2D eigenvalue weighted by Crippen LogP contribution is -2.44. The van der Waals surface area contributed by atoms with Crippen LogP contribution in [0.4, 0.5) is 5.69 Å². The maximum absolute atomic E-state index is 12.2. The quantitative estimate of drug-likeness (QED) is 0.316. The van der Waals surface area contributed by atoms with Gasteiger partial charge in [-0.25, -0.2) is 8.42 Å². The summed E-state index contributed by atoms with van der Waals surface area (Å²) in [6.07, 6.45) is 0.984. The molecule has 0 radical (unpaired) electrons. The van der Waals surface area contributed by atoms with Crippen molar-refractivity contribution in [3.8, 4) is 0 Å². The second-order valence-electron chi connectivity index (χ2n) is 4.91. The van der Waals surface area contributed by atoms with Crippen LogP contribution in [-0.4, -0.2) is 36.4 Å². The molecule has 0 bridgehead atoms. The van der Waals surface area contributed by atoms with Crippen LogP contribution in [0.25, 0.3) is 0 Å². The van der Waals surface area contributed by atoms with Crippen LogP contribution in [0.5, 0.6) is 0 Å². The Balaban J connectivity index is 3.26. The topological polar surface area (TPSA) is 122 Å². The summed E-state index contributed by atoms with van der Waals surface area (Å²) in [4.78, 5) is 12.2. The van der Waals surface area contributed by atoms with Crippen LogP contribution in [0.15, 0.2) is 27.8 Å². The molecule has 9 heteroatoms. The Labute approximate surface area is 131 Å². The zero-order valence-corrected chi connectivity index (χ0v) is 14.1. The second kappa shape index (κ2) is 6.02. The highest BCUT2D eigenvalue weighted by Crippen LogP contribution is 2.24. The smallest absolute Gasteiger partial charge is 0.245 e. The summed E-state index contributed by atoms with van der Waals surface area (Å²) >= 11 is 3.23. The lowest BCUT2D eigenvalue weighted by atomic mass is 10.1. The average Bonchev–Trinajstić information content (AvgIpc) is 2.36. The van der Waals surface area contributed by atoms with Crippen molar-refractivity contribution in [2.75, 3.05) is 11.6 Å². The third-order valence-electron chi connectivity index (χ3n) is 3.09. The SMILES string of the molecule is CC(C)(C(=O)Nc1cc(Br)ccc1/C(N)=N/O)S(C)(=O)=O. The largest absolute Gasteiger partial charge is 0.409 e. The average molecular weight is 378 g/mol. The number of nitrogens with zero attached hydrogens (tertiary/aromatic N) is 1. The van der Waals surface area contributed by atoms with Crippen molar-refractivity contribution in [2.24, 2.45) is 10.9 Å². The van der Waals surface area contributed by atoms with Gasteiger partial charge in [0.05, 0.1) is 5.69 Å². The summed E-state index contributed by atoms with van der Waals surface area (Å²) in [5.41, 5.74) is 6.04. The maximum Gasteiger partial charge on any atom is 0.245 e. The summed E-state index contributed by atoms with van der Waals surface area (Å²) in [5.74, 6) is -0.912. The predicted molar refractivity (Wildman–Crippen MR) is 84.2 cm³/mol. The van der Waals surface area contributed by atoms with Gasteiger partial charge in [-0.05, 0) is 32.0 Å². The molecule has 0 heterocycles. The predicted octanol–water partition coefficient (Wildman–Crippen LogP) is 1.31. The van der Waals surface area contributed by atoms with Gasteiger partial charge in [-0.2, -0.15) is 0 Å². The minimum absolute atomic E-state index is 0.199. The second-order valence-corrected chi connectivity index (χ2v) is 8.39. The van der Waals surface area contributed by atoms with E-state index in [0.717, 1.165) is 6.26 Å². The first-order valence-corrected chi connectivity index (χ1v) is 8.47. The van der Waals surface area contributed by atoms with Crippen LogP contribution < -0.4 is 11.1 Å². The molecule has 0 aromatic heterocycles. The van der Waals surface area contributed by atoms with E-state index < -0.39 is 20.5 Å². The molecular weight excluding hydrogens is 362 g/mol. The molecule has 7 nitrogen and oxygen atoms in total. The third-order valence-corrected chi connectivity index (χ3v) is 5.62. The number of halogens is 1. The molecule has 0 saturated carbocycles. The number of hydrogen-bond donors (Lipinski definition) is 3. The molecule has 0 aliphatic heterocycles. The van der Waals surface area contributed by atoms with E-state index in [9.17, 15) is 13.2 Å². The van der Waals surface area contributed by atoms with E-state index >= 15 is 0 Å². The molecule has 1 rings (SSSR count). The Bertz CT molecular complexity index is 698. The van der Waals surface area contributed by atoms with Crippen molar-refractivity contribution < 1.29 is 18.4 Å². The molecule has 0 spiro atoms. The molecule has 0 unspecified atom stereocenters. The molecule has 116 valence electrons. The highest BCUT2D eigenvalue weighted by Gasteiger charge is 2.38. The third kappa shape index (κ3) is 3.73. The lowest BCUT2D eigenvalue weighted by molar-refractivity contribution is -0.117. The standard InChI is InChI=1S/C12H16BrN3O4S/c1-12(2,21(3,19)20)11(17)15-9-6-7(13)4-5-8(9)10(14)16-18/h4-6,18H,1-3H3,(H2,14,16)(H,15,17). The number of nitrogens with one attached hydrogen (secondary N) is 1. The van der Waals surface area contributed by atoms with Gasteiger partial charge in [0.15, 0.2) is 15.7 Å². The van der Waals surface area contributed by atoms with E-state index in [4.69, 9.17) is 10.9 Å². The minimum Gasteiger partial charge on any atom is -0.409 e. The molecule has 1 amide bonds. The van der Waals surface area contributed by atoms with E-state index in [0.29, 0.717) is 4.47 Å². The van der Waals surface area contributed by atoms with E-state index in [1.165, 1.54) is 26.0 Å². The number of oxime groups is 1. The van der Waals surface area contributed by atoms with Crippen molar-refractivity contribution in [3.05, 3.63) is 28.2 Å². The van der Waals surface area contributed by atoms with Gasteiger partial charge in [0.25, 0.3) is 0 Å². The number of carbonyl (C=O) groups excluding carboxylic acids is 1. The molecule has 0 fully saturated rings. The van der Waals surface area contributed by atoms with Crippen molar-refractivity contribution in [2.45, 2.75) is 18.6 Å². The Morgan fingerprint density at radius 3 is 2.48 bits per heavy atom. The van der Waals surface area contributed by atoms with Crippen LogP contribution in [0.2, 0.25) is 0 Å². The van der Waals surface area contributed by atoms with Crippen molar-refractivity contribution in [1.29, 1.82) is 0 Å². The van der Waals surface area contributed by atoms with Crippen LogP contribution in [0.3, 0.4) is 0 Å². The molecule has 0 aliphatic carbocycles. The maximum atomic E-state index is 12.2. The van der Waals surface area contributed by atoms with E-state index in [-0.39, 0.29) is 17.1 Å². The molecule has 1 aromatic rings. The molecule has 0 atom stereocenters. The van der Waals surface area contributed by atoms with Gasteiger partial charge in [0.2, 0.25) is 5.91 Å². The van der Waals surface area contributed by atoms with Crippen molar-refractivity contribution >= 4 is 43.2 Å². The zero-order valence-electron chi connectivity index (χ0n) is 11.7. The molecule has 0 aliphatic rings. The van der Waals surface area contributed by atoms with Gasteiger partial charge in [-0.1, -0.05) is 21.1 Å². The molecular formula is C12H16BrN3O4S. The Morgan fingerprint density at radius 2 is 2.00 bits per heavy atom. The Hall–Kier alpha value is -1.61. The van der Waals surface area contributed by atoms with Gasteiger partial charge in [-0.3, -0.25) is 4.79 Å². The summed E-state index contributed by atoms with van der Waals surface area (Å²) in [7, 11) is -3.61. The Kier molecular flexibility index (Phi) is 5.00. The Morgan fingerprint density at radius 1 is 1.43 bits per heavy atom. The molecule has 1 aromatic carbocycles. The fourth-order valence-electron chi connectivity index (χ4n) is 1.34. The highest BCUT2D eigenvalue weighted by atomic mass is 79.9. The van der Waals surface area contributed by atoms with E-state index in [1.807, 2.05) is 0 Å². The summed E-state index contributed by atoms with van der Waals surface area (Å²) in [6, 6.07) is 4.70. The summed E-state index contributed by atoms with van der Waals surface area (Å²) in [5, 5.41) is 14.1. The van der Waals surface area contributed by atoms with Gasteiger partial charge < -0.3 is 16.3 Å². The fraction of sp³-hybridized carbons (Fsp3) is 0.333. The van der Waals surface area contributed by atoms with Gasteiger partial charge >= 0.3 is 0 Å². The lowest BCUT2D eigenvalue weighted by Gasteiger charge is -2.22. The molecule has 4 N–H and O–H groups in total. The number of amidine groups is 1. The van der Waals surface area contributed by atoms with Crippen LogP contribution >= 0.6 is 15.9 Å². The number of amides is 1. The number of nitrogens with two attached hydrogens (primary N) is 1. The number of benzene rings is 1. The van der Waals surface area contributed by atoms with E-state index in [2.05, 4.69) is 26.4 Å². The first-order chi connectivity index (χ1) is 9.50. The number of rotatable bonds is 4. The number of anilines is 1. The van der Waals surface area contributed by atoms with Crippen molar-refractivity contribution in [1.82, 2.24) is 0 Å². The van der Waals surface area contributed by atoms with Gasteiger partial charge in [-0.15, -0.1) is 0 Å². The monoisotopic (exact) mass is 377 g/mol. The number of hydrogen-bond acceptors (Lipinski definition) is 5. The minimum atomic E-state index is -3.61. The summed E-state index contributed by atoms with van der Waals surface area (Å²) in [6.45, 7) is 2.61. The molecule has 0 saturated heterocycles.